The molecule has 1 atom stereocenters. The quantitative estimate of drug-likeness (QED) is 0.766. The van der Waals surface area contributed by atoms with Gasteiger partial charge >= 0.3 is 5.97 Å². The number of anilines is 1. The molecule has 82 valence electrons. The summed E-state index contributed by atoms with van der Waals surface area (Å²) in [6, 6.07) is 1.05. The Morgan fingerprint density at radius 1 is 1.47 bits per heavy atom. The van der Waals surface area contributed by atoms with Crippen LogP contribution in [0.25, 0.3) is 0 Å². The Kier molecular flexibility index (Phi) is 4.03. The van der Waals surface area contributed by atoms with Crippen LogP contribution in [-0.2, 0) is 4.79 Å². The first-order chi connectivity index (χ1) is 7.09. The van der Waals surface area contributed by atoms with Gasteiger partial charge < -0.3 is 10.4 Å². The second-order valence-corrected chi connectivity index (χ2v) is 3.74. The monoisotopic (exact) mass is 209 g/mol. The summed E-state index contributed by atoms with van der Waals surface area (Å²) < 4.78 is 0. The van der Waals surface area contributed by atoms with Crippen molar-refractivity contribution in [2.24, 2.45) is 5.92 Å². The summed E-state index contributed by atoms with van der Waals surface area (Å²) >= 11 is 0. The van der Waals surface area contributed by atoms with Gasteiger partial charge in [-0.05, 0) is 18.4 Å². The smallest absolute Gasteiger partial charge is 0.326 e. The lowest BCUT2D eigenvalue weighted by molar-refractivity contribution is -0.138. The molecule has 1 aromatic heterocycles. The molecule has 0 amide bonds. The van der Waals surface area contributed by atoms with Gasteiger partial charge in [-0.3, -0.25) is 0 Å². The predicted molar refractivity (Wildman–Crippen MR) is 56.5 cm³/mol. The topological polar surface area (TPSA) is 75.1 Å². The molecule has 0 saturated heterocycles. The molecule has 0 radical (unpaired) electrons. The molecule has 5 nitrogen and oxygen atoms in total. The van der Waals surface area contributed by atoms with Crippen LogP contribution >= 0.6 is 0 Å². The van der Waals surface area contributed by atoms with Crippen molar-refractivity contribution in [3.05, 3.63) is 18.5 Å². The molecule has 0 aliphatic carbocycles. The van der Waals surface area contributed by atoms with E-state index >= 15 is 0 Å². The zero-order valence-corrected chi connectivity index (χ0v) is 8.84. The van der Waals surface area contributed by atoms with Gasteiger partial charge in [0.15, 0.2) is 0 Å². The molecule has 0 aliphatic rings. The summed E-state index contributed by atoms with van der Waals surface area (Å²) in [7, 11) is 0. The zero-order chi connectivity index (χ0) is 11.3. The third-order valence-corrected chi connectivity index (χ3v) is 1.87. The van der Waals surface area contributed by atoms with Crippen LogP contribution < -0.4 is 5.32 Å². The van der Waals surface area contributed by atoms with Gasteiger partial charge in [0.2, 0.25) is 5.95 Å². The molecule has 1 heterocycles. The number of aliphatic carboxylic acids is 1. The standard InChI is InChI=1S/C10H15N3O2/c1-7(2)6-8(9(14)15)13-10-11-4-3-5-12-10/h3-5,7-8H,6H2,1-2H3,(H,14,15)(H,11,12,13)/t8-/m0/s1. The number of rotatable bonds is 5. The lowest BCUT2D eigenvalue weighted by Crippen LogP contribution is -2.31. The fraction of sp³-hybridized carbons (Fsp3) is 0.500. The zero-order valence-electron chi connectivity index (χ0n) is 8.84. The largest absolute Gasteiger partial charge is 0.480 e. The number of carboxylic acids is 1. The van der Waals surface area contributed by atoms with Gasteiger partial charge in [-0.15, -0.1) is 0 Å². The van der Waals surface area contributed by atoms with E-state index in [-0.39, 0.29) is 0 Å². The minimum absolute atomic E-state index is 0.308. The van der Waals surface area contributed by atoms with Gasteiger partial charge in [-0.25, -0.2) is 14.8 Å². The summed E-state index contributed by atoms with van der Waals surface area (Å²) in [5, 5.41) is 11.8. The van der Waals surface area contributed by atoms with Crippen molar-refractivity contribution in [3.63, 3.8) is 0 Å². The number of hydrogen-bond donors (Lipinski definition) is 2. The van der Waals surface area contributed by atoms with Gasteiger partial charge in [0, 0.05) is 12.4 Å². The van der Waals surface area contributed by atoms with Gasteiger partial charge in [0.05, 0.1) is 0 Å². The van der Waals surface area contributed by atoms with Gasteiger partial charge in [0.25, 0.3) is 0 Å². The van der Waals surface area contributed by atoms with E-state index in [1.807, 2.05) is 13.8 Å². The Hall–Kier alpha value is -1.65. The van der Waals surface area contributed by atoms with E-state index in [1.165, 1.54) is 0 Å². The number of nitrogens with one attached hydrogen (secondary N) is 1. The molecular weight excluding hydrogens is 194 g/mol. The molecular formula is C10H15N3O2. The van der Waals surface area contributed by atoms with E-state index in [0.717, 1.165) is 0 Å². The highest BCUT2D eigenvalue weighted by Crippen LogP contribution is 2.09. The average Bonchev–Trinajstić information content (AvgIpc) is 2.17. The van der Waals surface area contributed by atoms with Crippen LogP contribution in [0.5, 0.6) is 0 Å². The number of nitrogens with zero attached hydrogens (tertiary/aromatic N) is 2. The third-order valence-electron chi connectivity index (χ3n) is 1.87. The molecule has 0 saturated carbocycles. The SMILES string of the molecule is CC(C)C[C@H](Nc1ncccn1)C(=O)O. The molecule has 0 fully saturated rings. The molecule has 0 spiro atoms. The van der Waals surface area contributed by atoms with Gasteiger partial charge in [-0.1, -0.05) is 13.8 Å². The van der Waals surface area contributed by atoms with E-state index in [4.69, 9.17) is 5.11 Å². The molecule has 0 bridgehead atoms. The molecule has 2 N–H and O–H groups in total. The molecule has 1 aromatic rings. The first-order valence-electron chi connectivity index (χ1n) is 4.86. The molecule has 0 aromatic carbocycles. The first kappa shape index (κ1) is 11.4. The first-order valence-corrected chi connectivity index (χ1v) is 4.86. The maximum absolute atomic E-state index is 10.9. The van der Waals surface area contributed by atoms with E-state index in [2.05, 4.69) is 15.3 Å². The third kappa shape index (κ3) is 3.93. The highest BCUT2D eigenvalue weighted by molar-refractivity contribution is 5.76. The molecule has 0 unspecified atom stereocenters. The van der Waals surface area contributed by atoms with Crippen molar-refractivity contribution >= 4 is 11.9 Å². The Morgan fingerprint density at radius 3 is 2.53 bits per heavy atom. The minimum atomic E-state index is -0.879. The van der Waals surface area contributed by atoms with E-state index in [9.17, 15) is 4.79 Å². The van der Waals surface area contributed by atoms with Crippen molar-refractivity contribution < 1.29 is 9.90 Å². The van der Waals surface area contributed by atoms with Crippen LogP contribution in [0.2, 0.25) is 0 Å². The maximum Gasteiger partial charge on any atom is 0.326 e. The Balaban J connectivity index is 2.63. The van der Waals surface area contributed by atoms with Crippen LogP contribution in [-0.4, -0.2) is 27.1 Å². The highest BCUT2D eigenvalue weighted by atomic mass is 16.4. The van der Waals surface area contributed by atoms with Crippen molar-refractivity contribution in [2.45, 2.75) is 26.3 Å². The lowest BCUT2D eigenvalue weighted by Gasteiger charge is -2.15. The predicted octanol–water partition coefficient (Wildman–Crippen LogP) is 1.39. The Bertz CT molecular complexity index is 314. The van der Waals surface area contributed by atoms with Crippen LogP contribution in [0.4, 0.5) is 5.95 Å². The van der Waals surface area contributed by atoms with Crippen LogP contribution in [0.1, 0.15) is 20.3 Å². The van der Waals surface area contributed by atoms with Crippen LogP contribution in [0.15, 0.2) is 18.5 Å². The molecule has 0 aliphatic heterocycles. The minimum Gasteiger partial charge on any atom is -0.480 e. The second kappa shape index (κ2) is 5.29. The fourth-order valence-corrected chi connectivity index (χ4v) is 1.22. The summed E-state index contributed by atoms with van der Waals surface area (Å²) in [5.41, 5.74) is 0. The highest BCUT2D eigenvalue weighted by Gasteiger charge is 2.19. The Labute approximate surface area is 88.6 Å². The summed E-state index contributed by atoms with van der Waals surface area (Å²) in [4.78, 5) is 18.8. The van der Waals surface area contributed by atoms with Crippen LogP contribution in [0, 0.1) is 5.92 Å². The average molecular weight is 209 g/mol. The van der Waals surface area contributed by atoms with Crippen molar-refractivity contribution in [2.75, 3.05) is 5.32 Å². The Morgan fingerprint density at radius 2 is 2.07 bits per heavy atom. The van der Waals surface area contributed by atoms with Crippen molar-refractivity contribution in [3.8, 4) is 0 Å². The molecule has 5 heteroatoms. The lowest BCUT2D eigenvalue weighted by atomic mass is 10.0. The van der Waals surface area contributed by atoms with Gasteiger partial charge in [0.1, 0.15) is 6.04 Å². The molecule has 15 heavy (non-hydrogen) atoms. The van der Waals surface area contributed by atoms with Gasteiger partial charge in [-0.2, -0.15) is 0 Å². The number of hydrogen-bond acceptors (Lipinski definition) is 4. The van der Waals surface area contributed by atoms with E-state index in [1.54, 1.807) is 18.5 Å². The maximum atomic E-state index is 10.9. The summed E-state index contributed by atoms with van der Waals surface area (Å²) in [6.07, 6.45) is 3.70. The fourth-order valence-electron chi connectivity index (χ4n) is 1.22. The number of carbonyl (C=O) groups is 1. The molecule has 1 rings (SSSR count). The van der Waals surface area contributed by atoms with Crippen molar-refractivity contribution in [1.82, 2.24) is 9.97 Å². The van der Waals surface area contributed by atoms with Crippen molar-refractivity contribution in [1.29, 1.82) is 0 Å². The van der Waals surface area contributed by atoms with E-state index < -0.39 is 12.0 Å². The van der Waals surface area contributed by atoms with E-state index in [0.29, 0.717) is 18.3 Å². The normalized spacial score (nSPS) is 12.5. The summed E-state index contributed by atoms with van der Waals surface area (Å²) in [6.45, 7) is 3.95. The number of aromatic nitrogens is 2. The van der Waals surface area contributed by atoms with Crippen LogP contribution in [0.3, 0.4) is 0 Å². The summed E-state index contributed by atoms with van der Waals surface area (Å²) in [5.74, 6) is -0.219. The number of carboxylic acid groups (broad SMARTS) is 1. The second-order valence-electron chi connectivity index (χ2n) is 3.74.